The molecule has 5 nitrogen and oxygen atoms in total. The minimum absolute atomic E-state index is 0.0140. The number of carbonyl (C=O) groups is 1. The monoisotopic (exact) mass is 295 g/mol. The van der Waals surface area contributed by atoms with E-state index in [0.29, 0.717) is 13.1 Å². The third kappa shape index (κ3) is 6.31. The molecule has 1 amide bonds. The summed E-state index contributed by atoms with van der Waals surface area (Å²) in [6.45, 7) is 11.0. The minimum atomic E-state index is -0.113. The van der Waals surface area contributed by atoms with E-state index in [0.717, 1.165) is 25.3 Å². The Hall–Kier alpha value is -1.33. The van der Waals surface area contributed by atoms with E-state index in [1.807, 2.05) is 19.1 Å². The predicted molar refractivity (Wildman–Crippen MR) is 84.8 cm³/mol. The van der Waals surface area contributed by atoms with Gasteiger partial charge in [-0.05, 0) is 44.0 Å². The Morgan fingerprint density at radius 2 is 2.24 bits per heavy atom. The molecule has 0 spiro atoms. The van der Waals surface area contributed by atoms with Gasteiger partial charge in [-0.1, -0.05) is 20.8 Å². The van der Waals surface area contributed by atoms with Gasteiger partial charge in [0.2, 0.25) is 5.91 Å². The Bertz CT molecular complexity index is 415. The summed E-state index contributed by atoms with van der Waals surface area (Å²) >= 11 is 0. The molecular formula is C16H29N3O2. The van der Waals surface area contributed by atoms with Crippen LogP contribution in [-0.4, -0.2) is 37.0 Å². The van der Waals surface area contributed by atoms with Crippen molar-refractivity contribution in [3.63, 3.8) is 0 Å². The maximum atomic E-state index is 12.2. The van der Waals surface area contributed by atoms with Crippen LogP contribution in [0.3, 0.4) is 0 Å². The number of hydrogen-bond donors (Lipinski definition) is 2. The highest BCUT2D eigenvalue weighted by Crippen LogP contribution is 2.15. The molecule has 3 N–H and O–H groups in total. The van der Waals surface area contributed by atoms with Crippen molar-refractivity contribution in [2.45, 2.75) is 40.2 Å². The maximum Gasteiger partial charge on any atom is 0.234 e. The van der Waals surface area contributed by atoms with Crippen molar-refractivity contribution >= 4 is 5.91 Å². The van der Waals surface area contributed by atoms with Gasteiger partial charge in [0.1, 0.15) is 5.76 Å². The Balaban J connectivity index is 2.52. The highest BCUT2D eigenvalue weighted by atomic mass is 16.3. The van der Waals surface area contributed by atoms with Crippen molar-refractivity contribution in [3.05, 3.63) is 24.2 Å². The normalized spacial score (nSPS) is 13.4. The van der Waals surface area contributed by atoms with Gasteiger partial charge in [-0.3, -0.25) is 9.69 Å². The lowest BCUT2D eigenvalue weighted by Gasteiger charge is -2.31. The van der Waals surface area contributed by atoms with Crippen LogP contribution in [-0.2, 0) is 4.79 Å². The van der Waals surface area contributed by atoms with Crippen molar-refractivity contribution < 1.29 is 9.21 Å². The number of nitrogens with zero attached hydrogens (tertiary/aromatic N) is 1. The van der Waals surface area contributed by atoms with E-state index in [2.05, 4.69) is 31.0 Å². The maximum absolute atomic E-state index is 12.2. The Labute approximate surface area is 127 Å². The molecule has 0 aliphatic rings. The second-order valence-electron chi connectivity index (χ2n) is 6.38. The topological polar surface area (TPSA) is 71.5 Å². The van der Waals surface area contributed by atoms with E-state index >= 15 is 0 Å². The predicted octanol–water partition coefficient (Wildman–Crippen LogP) is 2.15. The van der Waals surface area contributed by atoms with Crippen LogP contribution in [0.15, 0.2) is 22.8 Å². The first-order chi connectivity index (χ1) is 9.88. The third-order valence-corrected chi connectivity index (χ3v) is 3.46. The largest absolute Gasteiger partial charge is 0.467 e. The van der Waals surface area contributed by atoms with Crippen LogP contribution in [0.2, 0.25) is 0 Å². The second kappa shape index (κ2) is 8.20. The van der Waals surface area contributed by atoms with Gasteiger partial charge in [0.25, 0.3) is 0 Å². The number of rotatable bonds is 9. The van der Waals surface area contributed by atoms with Crippen molar-refractivity contribution in [1.82, 2.24) is 10.2 Å². The molecule has 1 unspecified atom stereocenters. The molecular weight excluding hydrogens is 266 g/mol. The van der Waals surface area contributed by atoms with E-state index in [-0.39, 0.29) is 17.4 Å². The molecule has 0 saturated heterocycles. The molecule has 120 valence electrons. The van der Waals surface area contributed by atoms with Crippen molar-refractivity contribution in [1.29, 1.82) is 0 Å². The van der Waals surface area contributed by atoms with Gasteiger partial charge >= 0.3 is 0 Å². The van der Waals surface area contributed by atoms with Gasteiger partial charge in [0, 0.05) is 6.54 Å². The Morgan fingerprint density at radius 1 is 1.52 bits per heavy atom. The Morgan fingerprint density at radius 3 is 2.76 bits per heavy atom. The first-order valence-electron chi connectivity index (χ1n) is 7.63. The second-order valence-corrected chi connectivity index (χ2v) is 6.38. The zero-order valence-corrected chi connectivity index (χ0v) is 13.7. The summed E-state index contributed by atoms with van der Waals surface area (Å²) in [7, 11) is 0. The summed E-state index contributed by atoms with van der Waals surface area (Å²) in [5.74, 6) is 0.785. The molecule has 1 atom stereocenters. The molecule has 0 fully saturated rings. The molecule has 0 aromatic carbocycles. The summed E-state index contributed by atoms with van der Waals surface area (Å²) in [6, 6.07) is 3.58. The average Bonchev–Trinajstić information content (AvgIpc) is 2.92. The molecule has 1 rings (SSSR count). The van der Waals surface area contributed by atoms with Gasteiger partial charge in [-0.15, -0.1) is 0 Å². The minimum Gasteiger partial charge on any atom is -0.467 e. The lowest BCUT2D eigenvalue weighted by Crippen LogP contribution is -2.44. The highest BCUT2D eigenvalue weighted by molar-refractivity contribution is 5.78. The molecule has 0 saturated carbocycles. The fraction of sp³-hybridized carbons (Fsp3) is 0.688. The summed E-state index contributed by atoms with van der Waals surface area (Å²) in [5, 5.41) is 2.97. The van der Waals surface area contributed by atoms with Crippen LogP contribution >= 0.6 is 0 Å². The molecule has 0 aliphatic carbocycles. The zero-order valence-electron chi connectivity index (χ0n) is 13.7. The fourth-order valence-corrected chi connectivity index (χ4v) is 2.30. The lowest BCUT2D eigenvalue weighted by molar-refractivity contribution is -0.123. The smallest absolute Gasteiger partial charge is 0.234 e. The van der Waals surface area contributed by atoms with E-state index in [9.17, 15) is 4.79 Å². The first kappa shape index (κ1) is 17.7. The molecule has 21 heavy (non-hydrogen) atoms. The molecule has 0 bridgehead atoms. The number of furan rings is 1. The van der Waals surface area contributed by atoms with E-state index in [1.165, 1.54) is 0 Å². The van der Waals surface area contributed by atoms with Crippen LogP contribution in [0.25, 0.3) is 0 Å². The van der Waals surface area contributed by atoms with Crippen LogP contribution in [0.1, 0.15) is 45.9 Å². The number of nitrogens with two attached hydrogens (primary N) is 1. The number of amides is 1. The molecule has 1 aromatic heterocycles. The van der Waals surface area contributed by atoms with Crippen molar-refractivity contribution in [2.75, 3.05) is 26.2 Å². The number of carbonyl (C=O) groups excluding carboxylic acids is 1. The highest BCUT2D eigenvalue weighted by Gasteiger charge is 2.22. The van der Waals surface area contributed by atoms with Gasteiger partial charge in [0.05, 0.1) is 18.8 Å². The summed E-state index contributed by atoms with van der Waals surface area (Å²) < 4.78 is 5.30. The summed E-state index contributed by atoms with van der Waals surface area (Å²) in [5.41, 5.74) is 5.80. The SMILES string of the molecule is CCCN(CC(=O)NC(C)c1ccco1)CC(C)(C)CN. The summed E-state index contributed by atoms with van der Waals surface area (Å²) in [4.78, 5) is 14.3. The molecule has 1 heterocycles. The third-order valence-electron chi connectivity index (χ3n) is 3.46. The standard InChI is InChI=1S/C16H29N3O2/c1-5-8-19(12-16(3,4)11-17)10-15(20)18-13(2)14-7-6-9-21-14/h6-7,9,13H,5,8,10-12,17H2,1-4H3,(H,18,20). The first-order valence-corrected chi connectivity index (χ1v) is 7.63. The zero-order chi connectivity index (χ0) is 15.9. The van der Waals surface area contributed by atoms with Crippen LogP contribution in [0.5, 0.6) is 0 Å². The van der Waals surface area contributed by atoms with Crippen molar-refractivity contribution in [3.8, 4) is 0 Å². The van der Waals surface area contributed by atoms with E-state index in [4.69, 9.17) is 10.2 Å². The number of hydrogen-bond acceptors (Lipinski definition) is 4. The molecule has 0 radical (unpaired) electrons. The molecule has 1 aromatic rings. The Kier molecular flexibility index (Phi) is 6.92. The van der Waals surface area contributed by atoms with E-state index in [1.54, 1.807) is 6.26 Å². The quantitative estimate of drug-likeness (QED) is 0.732. The van der Waals surface area contributed by atoms with Crippen molar-refractivity contribution in [2.24, 2.45) is 11.1 Å². The fourth-order valence-electron chi connectivity index (χ4n) is 2.30. The molecule has 0 aliphatic heterocycles. The van der Waals surface area contributed by atoms with Gasteiger partial charge in [-0.2, -0.15) is 0 Å². The van der Waals surface area contributed by atoms with Crippen LogP contribution < -0.4 is 11.1 Å². The number of nitrogens with one attached hydrogen (secondary N) is 1. The van der Waals surface area contributed by atoms with Crippen LogP contribution in [0, 0.1) is 5.41 Å². The molecule has 5 heteroatoms. The van der Waals surface area contributed by atoms with E-state index < -0.39 is 0 Å². The lowest BCUT2D eigenvalue weighted by atomic mass is 9.93. The average molecular weight is 295 g/mol. The van der Waals surface area contributed by atoms with Gasteiger partial charge in [0.15, 0.2) is 0 Å². The summed E-state index contributed by atoms with van der Waals surface area (Å²) in [6.07, 6.45) is 2.63. The van der Waals surface area contributed by atoms with Gasteiger partial charge < -0.3 is 15.5 Å². The van der Waals surface area contributed by atoms with Crippen LogP contribution in [0.4, 0.5) is 0 Å². The van der Waals surface area contributed by atoms with Gasteiger partial charge in [-0.25, -0.2) is 0 Å².